The molecule has 0 spiro atoms. The summed E-state index contributed by atoms with van der Waals surface area (Å²) in [5.74, 6) is 1.63. The smallest absolute Gasteiger partial charge is 0.242 e. The fourth-order valence-electron chi connectivity index (χ4n) is 2.38. The van der Waals surface area contributed by atoms with Gasteiger partial charge in [0.05, 0.1) is 5.88 Å². The molecule has 0 N–H and O–H groups in total. The van der Waals surface area contributed by atoms with Crippen LogP contribution in [0.1, 0.15) is 16.8 Å². The number of hydrogen-bond acceptors (Lipinski definition) is 2. The summed E-state index contributed by atoms with van der Waals surface area (Å²) in [4.78, 5) is 4.51. The topological polar surface area (TPSA) is 26.5 Å². The molecule has 2 aromatic heterocycles. The molecule has 0 saturated heterocycles. The number of hydrogen-bond donors (Lipinski definition) is 0. The van der Waals surface area contributed by atoms with Crippen LogP contribution in [-0.2, 0) is 5.88 Å². The van der Waals surface area contributed by atoms with Crippen LogP contribution in [0.5, 0.6) is 11.6 Å². The largest absolute Gasteiger partial charge is 0.437 e. The van der Waals surface area contributed by atoms with Crippen LogP contribution in [0.2, 0.25) is 5.02 Å². The van der Waals surface area contributed by atoms with Gasteiger partial charge in [-0.05, 0) is 49.2 Å². The van der Waals surface area contributed by atoms with E-state index in [1.807, 2.05) is 54.8 Å². The van der Waals surface area contributed by atoms with Crippen molar-refractivity contribution in [3.8, 4) is 11.6 Å². The molecule has 0 bridgehead atoms. The number of aromatic nitrogens is 2. The highest BCUT2D eigenvalue weighted by atomic mass is 35.5. The second-order valence-corrected chi connectivity index (χ2v) is 5.60. The lowest BCUT2D eigenvalue weighted by Gasteiger charge is -2.11. The monoisotopic (exact) mass is 320 g/mol. The van der Waals surface area contributed by atoms with E-state index >= 15 is 0 Å². The van der Waals surface area contributed by atoms with Gasteiger partial charge in [0.1, 0.15) is 17.1 Å². The molecular weight excluding hydrogens is 307 g/mol. The Balaban J connectivity index is 2.10. The molecule has 0 fully saturated rings. The minimum absolute atomic E-state index is 0.326. The maximum atomic E-state index is 6.06. The van der Waals surface area contributed by atoms with Crippen LogP contribution in [0, 0.1) is 13.8 Å². The number of fused-ring (bicyclic) bond motifs is 1. The summed E-state index contributed by atoms with van der Waals surface area (Å²) in [6.07, 6.45) is 1.93. The number of aryl methyl sites for hydroxylation is 2. The molecule has 0 unspecified atom stereocenters. The van der Waals surface area contributed by atoms with Crippen molar-refractivity contribution in [3.63, 3.8) is 0 Å². The zero-order chi connectivity index (χ0) is 15.0. The van der Waals surface area contributed by atoms with Gasteiger partial charge in [-0.25, -0.2) is 0 Å². The summed E-state index contributed by atoms with van der Waals surface area (Å²) in [5, 5.41) is 0.699. The van der Waals surface area contributed by atoms with Gasteiger partial charge in [-0.15, -0.1) is 11.6 Å². The molecule has 1 aromatic carbocycles. The minimum atomic E-state index is 0.326. The van der Waals surface area contributed by atoms with Crippen LogP contribution in [0.4, 0.5) is 0 Å². The first-order chi connectivity index (χ1) is 10.1. The number of imidazole rings is 1. The Bertz CT molecular complexity index is 788. The lowest BCUT2D eigenvalue weighted by atomic mass is 10.1. The van der Waals surface area contributed by atoms with Crippen molar-refractivity contribution < 1.29 is 4.74 Å². The molecule has 0 aliphatic rings. The first-order valence-corrected chi connectivity index (χ1v) is 7.48. The number of benzene rings is 1. The molecule has 3 aromatic rings. The Kier molecular flexibility index (Phi) is 3.79. The molecule has 21 heavy (non-hydrogen) atoms. The average molecular weight is 321 g/mol. The maximum absolute atomic E-state index is 6.06. The van der Waals surface area contributed by atoms with Crippen LogP contribution in [0.3, 0.4) is 0 Å². The average Bonchev–Trinajstić information content (AvgIpc) is 2.80. The lowest BCUT2D eigenvalue weighted by molar-refractivity contribution is 0.454. The summed E-state index contributed by atoms with van der Waals surface area (Å²) in [6, 6.07) is 9.54. The van der Waals surface area contributed by atoms with Gasteiger partial charge in [0.15, 0.2) is 0 Å². The molecule has 5 heteroatoms. The first kappa shape index (κ1) is 14.2. The Hall–Kier alpha value is -1.71. The molecule has 108 valence electrons. The van der Waals surface area contributed by atoms with E-state index in [0.29, 0.717) is 16.8 Å². The molecule has 0 aliphatic heterocycles. The van der Waals surface area contributed by atoms with Crippen LogP contribution in [0.25, 0.3) is 5.65 Å². The zero-order valence-corrected chi connectivity index (χ0v) is 13.2. The van der Waals surface area contributed by atoms with Gasteiger partial charge >= 0.3 is 0 Å². The number of alkyl halides is 1. The molecule has 0 radical (unpaired) electrons. The molecule has 3 nitrogen and oxygen atoms in total. The molecule has 3 rings (SSSR count). The van der Waals surface area contributed by atoms with Gasteiger partial charge in [0.25, 0.3) is 0 Å². The van der Waals surface area contributed by atoms with Crippen molar-refractivity contribution in [3.05, 3.63) is 58.4 Å². The highest BCUT2D eigenvalue weighted by Crippen LogP contribution is 2.33. The Labute approximate surface area is 133 Å². The van der Waals surface area contributed by atoms with E-state index in [1.165, 1.54) is 0 Å². The standard InChI is InChI=1S/C16H14Cl2N2O/c1-10-7-12(18)8-11(2)15(10)21-16-13(9-17)20-6-4-3-5-14(20)19-16/h3-8H,9H2,1-2H3. The van der Waals surface area contributed by atoms with Gasteiger partial charge in [0.2, 0.25) is 5.88 Å². The quantitative estimate of drug-likeness (QED) is 0.625. The predicted octanol–water partition coefficient (Wildman–Crippen LogP) is 5.14. The second-order valence-electron chi connectivity index (χ2n) is 4.90. The van der Waals surface area contributed by atoms with Crippen molar-refractivity contribution in [2.45, 2.75) is 19.7 Å². The first-order valence-electron chi connectivity index (χ1n) is 6.56. The summed E-state index contributed by atoms with van der Waals surface area (Å²) in [7, 11) is 0. The number of nitrogens with zero attached hydrogens (tertiary/aromatic N) is 2. The van der Waals surface area contributed by atoms with Crippen molar-refractivity contribution in [1.82, 2.24) is 9.38 Å². The molecule has 0 atom stereocenters. The number of ether oxygens (including phenoxy) is 1. The summed E-state index contributed by atoms with van der Waals surface area (Å²) in [5.41, 5.74) is 3.59. The van der Waals surface area contributed by atoms with Gasteiger partial charge < -0.3 is 4.74 Å². The summed E-state index contributed by atoms with van der Waals surface area (Å²) >= 11 is 12.1. The van der Waals surface area contributed by atoms with Gasteiger partial charge in [0, 0.05) is 11.2 Å². The van der Waals surface area contributed by atoms with Crippen LogP contribution >= 0.6 is 23.2 Å². The van der Waals surface area contributed by atoms with E-state index in [0.717, 1.165) is 28.2 Å². The predicted molar refractivity (Wildman–Crippen MR) is 85.7 cm³/mol. The molecule has 0 amide bonds. The summed E-state index contributed by atoms with van der Waals surface area (Å²) < 4.78 is 7.96. The van der Waals surface area contributed by atoms with Crippen molar-refractivity contribution in [1.29, 1.82) is 0 Å². The van der Waals surface area contributed by atoms with Crippen LogP contribution in [-0.4, -0.2) is 9.38 Å². The fraction of sp³-hybridized carbons (Fsp3) is 0.188. The molecule has 0 saturated carbocycles. The van der Waals surface area contributed by atoms with Crippen molar-refractivity contribution in [2.24, 2.45) is 0 Å². The number of pyridine rings is 1. The Morgan fingerprint density at radius 3 is 2.57 bits per heavy atom. The van der Waals surface area contributed by atoms with E-state index in [1.54, 1.807) is 0 Å². The number of halogens is 2. The Morgan fingerprint density at radius 2 is 1.90 bits per heavy atom. The molecular formula is C16H14Cl2N2O. The lowest BCUT2D eigenvalue weighted by Crippen LogP contribution is -1.95. The third-order valence-electron chi connectivity index (χ3n) is 3.34. The molecule has 0 aliphatic carbocycles. The van der Waals surface area contributed by atoms with E-state index in [-0.39, 0.29) is 0 Å². The third-order valence-corrected chi connectivity index (χ3v) is 3.81. The maximum Gasteiger partial charge on any atom is 0.242 e. The third kappa shape index (κ3) is 2.59. The van der Waals surface area contributed by atoms with E-state index < -0.39 is 0 Å². The van der Waals surface area contributed by atoms with E-state index in [2.05, 4.69) is 4.98 Å². The van der Waals surface area contributed by atoms with E-state index in [4.69, 9.17) is 27.9 Å². The molecule has 2 heterocycles. The van der Waals surface area contributed by atoms with E-state index in [9.17, 15) is 0 Å². The SMILES string of the molecule is Cc1cc(Cl)cc(C)c1Oc1nc2ccccn2c1CCl. The van der Waals surface area contributed by atoms with Crippen LogP contribution in [0.15, 0.2) is 36.5 Å². The second kappa shape index (κ2) is 5.58. The normalized spacial score (nSPS) is 11.0. The van der Waals surface area contributed by atoms with Crippen molar-refractivity contribution in [2.75, 3.05) is 0 Å². The summed E-state index contributed by atoms with van der Waals surface area (Å²) in [6.45, 7) is 3.93. The van der Waals surface area contributed by atoms with Gasteiger partial charge in [-0.1, -0.05) is 17.7 Å². The zero-order valence-electron chi connectivity index (χ0n) is 11.7. The highest BCUT2D eigenvalue weighted by Gasteiger charge is 2.15. The van der Waals surface area contributed by atoms with Crippen LogP contribution < -0.4 is 4.74 Å². The Morgan fingerprint density at radius 1 is 1.19 bits per heavy atom. The highest BCUT2D eigenvalue weighted by molar-refractivity contribution is 6.30. The minimum Gasteiger partial charge on any atom is -0.437 e. The fourth-order valence-corrected chi connectivity index (χ4v) is 2.95. The van der Waals surface area contributed by atoms with Gasteiger partial charge in [-0.3, -0.25) is 4.40 Å². The van der Waals surface area contributed by atoms with Crippen molar-refractivity contribution >= 4 is 28.8 Å². The van der Waals surface area contributed by atoms with Gasteiger partial charge in [-0.2, -0.15) is 4.98 Å². The number of rotatable bonds is 3.